The molecule has 1 aromatic heterocycles. The third-order valence-electron chi connectivity index (χ3n) is 3.51. The minimum absolute atomic E-state index is 0.0534. The van der Waals surface area contributed by atoms with Gasteiger partial charge in [-0.1, -0.05) is 13.8 Å². The summed E-state index contributed by atoms with van der Waals surface area (Å²) in [5.41, 5.74) is -0.0534. The first kappa shape index (κ1) is 14.1. The summed E-state index contributed by atoms with van der Waals surface area (Å²) in [7, 11) is 0. The molecule has 1 aliphatic carbocycles. The molecule has 1 aromatic rings. The van der Waals surface area contributed by atoms with Crippen molar-refractivity contribution in [3.63, 3.8) is 0 Å². The molecule has 1 fully saturated rings. The molecule has 0 aliphatic heterocycles. The highest BCUT2D eigenvalue weighted by Crippen LogP contribution is 2.20. The number of aliphatic hydroxyl groups is 1. The quantitative estimate of drug-likeness (QED) is 0.868. The van der Waals surface area contributed by atoms with Crippen molar-refractivity contribution in [1.29, 1.82) is 0 Å². The van der Waals surface area contributed by atoms with Crippen LogP contribution in [0.1, 0.15) is 39.5 Å². The Morgan fingerprint density at radius 2 is 2.11 bits per heavy atom. The lowest BCUT2D eigenvalue weighted by Crippen LogP contribution is -2.33. The average Bonchev–Trinajstić information content (AvgIpc) is 2.36. The molecule has 0 radical (unpaired) electrons. The molecule has 5 heteroatoms. The van der Waals surface area contributed by atoms with Gasteiger partial charge in [-0.05, 0) is 31.6 Å². The highest BCUT2D eigenvalue weighted by Gasteiger charge is 2.20. The van der Waals surface area contributed by atoms with Crippen LogP contribution >= 0.6 is 0 Å². The Labute approximate surface area is 113 Å². The summed E-state index contributed by atoms with van der Waals surface area (Å²) >= 11 is 0. The monoisotopic (exact) mass is 265 g/mol. The van der Waals surface area contributed by atoms with Crippen molar-refractivity contribution < 1.29 is 5.11 Å². The van der Waals surface area contributed by atoms with Crippen LogP contribution in [0.5, 0.6) is 0 Å². The molecule has 0 amide bonds. The summed E-state index contributed by atoms with van der Waals surface area (Å²) in [5.74, 6) is 0.863. The van der Waals surface area contributed by atoms with Crippen LogP contribution in [-0.2, 0) is 6.54 Å². The van der Waals surface area contributed by atoms with Crippen LogP contribution in [0.2, 0.25) is 0 Å². The molecule has 0 spiro atoms. The predicted octanol–water partition coefficient (Wildman–Crippen LogP) is 1.61. The van der Waals surface area contributed by atoms with Crippen LogP contribution in [0.3, 0.4) is 0 Å². The van der Waals surface area contributed by atoms with Gasteiger partial charge in [0.15, 0.2) is 5.82 Å². The summed E-state index contributed by atoms with van der Waals surface area (Å²) < 4.78 is 1.71. The van der Waals surface area contributed by atoms with Crippen molar-refractivity contribution in [2.45, 2.75) is 58.2 Å². The van der Waals surface area contributed by atoms with E-state index in [1.54, 1.807) is 17.0 Å². The molecule has 0 saturated heterocycles. The van der Waals surface area contributed by atoms with Gasteiger partial charge in [-0.2, -0.15) is 0 Å². The Balaban J connectivity index is 2.06. The van der Waals surface area contributed by atoms with E-state index in [1.807, 2.05) is 0 Å². The Bertz CT molecular complexity index is 462. The molecule has 1 heterocycles. The zero-order valence-corrected chi connectivity index (χ0v) is 11.7. The summed E-state index contributed by atoms with van der Waals surface area (Å²) in [4.78, 5) is 16.4. The van der Waals surface area contributed by atoms with Crippen molar-refractivity contribution >= 4 is 5.82 Å². The Morgan fingerprint density at radius 1 is 1.42 bits per heavy atom. The van der Waals surface area contributed by atoms with Crippen LogP contribution in [0.25, 0.3) is 0 Å². The maximum Gasteiger partial charge on any atom is 0.293 e. The number of nitrogens with zero attached hydrogens (tertiary/aromatic N) is 2. The number of aliphatic hydroxyl groups excluding tert-OH is 1. The van der Waals surface area contributed by atoms with Crippen molar-refractivity contribution in [3.8, 4) is 0 Å². The minimum Gasteiger partial charge on any atom is -0.393 e. The fourth-order valence-corrected chi connectivity index (χ4v) is 2.50. The van der Waals surface area contributed by atoms with Gasteiger partial charge >= 0.3 is 0 Å². The first-order valence-electron chi connectivity index (χ1n) is 7.06. The minimum atomic E-state index is -0.181. The maximum absolute atomic E-state index is 12.2. The SMILES string of the molecule is CC(C)Cn1ccnc(NC2CCC(O)CC2)c1=O. The van der Waals surface area contributed by atoms with Gasteiger partial charge < -0.3 is 15.0 Å². The van der Waals surface area contributed by atoms with Gasteiger partial charge in [0.1, 0.15) is 0 Å². The van der Waals surface area contributed by atoms with E-state index in [4.69, 9.17) is 0 Å². The van der Waals surface area contributed by atoms with E-state index in [2.05, 4.69) is 24.1 Å². The molecule has 5 nitrogen and oxygen atoms in total. The van der Waals surface area contributed by atoms with Crippen molar-refractivity contribution in [3.05, 3.63) is 22.7 Å². The second-order valence-corrected chi connectivity index (χ2v) is 5.78. The van der Waals surface area contributed by atoms with E-state index in [9.17, 15) is 9.90 Å². The first-order chi connectivity index (χ1) is 9.06. The lowest BCUT2D eigenvalue weighted by atomic mass is 9.93. The zero-order chi connectivity index (χ0) is 13.8. The maximum atomic E-state index is 12.2. The summed E-state index contributed by atoms with van der Waals surface area (Å²) in [6, 6.07) is 0.249. The van der Waals surface area contributed by atoms with E-state index in [0.29, 0.717) is 18.3 Å². The third kappa shape index (κ3) is 3.80. The molecule has 19 heavy (non-hydrogen) atoms. The Kier molecular flexibility index (Phi) is 4.58. The van der Waals surface area contributed by atoms with Crippen LogP contribution in [-0.4, -0.2) is 26.8 Å². The Morgan fingerprint density at radius 3 is 2.74 bits per heavy atom. The summed E-state index contributed by atoms with van der Waals surface area (Å²) in [5, 5.41) is 12.7. The highest BCUT2D eigenvalue weighted by molar-refractivity contribution is 5.32. The van der Waals surface area contributed by atoms with Gasteiger partial charge in [0, 0.05) is 25.0 Å². The highest BCUT2D eigenvalue weighted by atomic mass is 16.3. The predicted molar refractivity (Wildman–Crippen MR) is 75.2 cm³/mol. The van der Waals surface area contributed by atoms with E-state index >= 15 is 0 Å². The second-order valence-electron chi connectivity index (χ2n) is 5.78. The largest absolute Gasteiger partial charge is 0.393 e. The van der Waals surface area contributed by atoms with Gasteiger partial charge in [-0.15, -0.1) is 0 Å². The zero-order valence-electron chi connectivity index (χ0n) is 11.7. The van der Waals surface area contributed by atoms with Crippen LogP contribution in [0.4, 0.5) is 5.82 Å². The summed E-state index contributed by atoms with van der Waals surface area (Å²) in [6.45, 7) is 4.88. The van der Waals surface area contributed by atoms with Gasteiger partial charge in [0.25, 0.3) is 5.56 Å². The molecule has 0 unspecified atom stereocenters. The lowest BCUT2D eigenvalue weighted by molar-refractivity contribution is 0.126. The first-order valence-corrected chi connectivity index (χ1v) is 7.06. The molecular weight excluding hydrogens is 242 g/mol. The molecule has 1 aliphatic rings. The van der Waals surface area contributed by atoms with Crippen LogP contribution in [0, 0.1) is 5.92 Å². The molecule has 0 bridgehead atoms. The lowest BCUT2D eigenvalue weighted by Gasteiger charge is -2.26. The van der Waals surface area contributed by atoms with Gasteiger partial charge in [0.05, 0.1) is 6.10 Å². The van der Waals surface area contributed by atoms with Crippen molar-refractivity contribution in [2.75, 3.05) is 5.32 Å². The van der Waals surface area contributed by atoms with Crippen molar-refractivity contribution in [2.24, 2.45) is 5.92 Å². The Hall–Kier alpha value is -1.36. The molecule has 0 aromatic carbocycles. The molecule has 106 valence electrons. The van der Waals surface area contributed by atoms with Gasteiger partial charge in [-0.3, -0.25) is 4.79 Å². The average molecular weight is 265 g/mol. The fourth-order valence-electron chi connectivity index (χ4n) is 2.50. The smallest absolute Gasteiger partial charge is 0.293 e. The number of nitrogens with one attached hydrogen (secondary N) is 1. The normalized spacial score (nSPS) is 23.6. The van der Waals surface area contributed by atoms with Gasteiger partial charge in [-0.25, -0.2) is 4.98 Å². The van der Waals surface area contributed by atoms with Gasteiger partial charge in [0.2, 0.25) is 0 Å². The number of anilines is 1. The molecule has 2 rings (SSSR count). The second kappa shape index (κ2) is 6.19. The molecular formula is C14H23N3O2. The number of rotatable bonds is 4. The molecule has 2 N–H and O–H groups in total. The van der Waals surface area contributed by atoms with E-state index in [1.165, 1.54) is 0 Å². The topological polar surface area (TPSA) is 67.2 Å². The number of hydrogen-bond donors (Lipinski definition) is 2. The van der Waals surface area contributed by atoms with E-state index in [-0.39, 0.29) is 17.7 Å². The van der Waals surface area contributed by atoms with E-state index in [0.717, 1.165) is 25.7 Å². The molecule has 1 saturated carbocycles. The fraction of sp³-hybridized carbons (Fsp3) is 0.714. The third-order valence-corrected chi connectivity index (χ3v) is 3.51. The summed E-state index contributed by atoms with van der Waals surface area (Å²) in [6.07, 6.45) is 6.60. The van der Waals surface area contributed by atoms with Crippen LogP contribution in [0.15, 0.2) is 17.2 Å². The van der Waals surface area contributed by atoms with E-state index < -0.39 is 0 Å². The number of hydrogen-bond acceptors (Lipinski definition) is 4. The van der Waals surface area contributed by atoms with Crippen LogP contribution < -0.4 is 10.9 Å². The molecule has 0 atom stereocenters. The van der Waals surface area contributed by atoms with Crippen molar-refractivity contribution in [1.82, 2.24) is 9.55 Å². The standard InChI is InChI=1S/C14H23N3O2/c1-10(2)9-17-8-7-15-13(14(17)19)16-11-3-5-12(18)6-4-11/h7-8,10-12,18H,3-6,9H2,1-2H3,(H,15,16). The number of aromatic nitrogens is 2.